The Morgan fingerprint density at radius 2 is 2.00 bits per heavy atom. The number of aliphatic hydroxyl groups is 2. The van der Waals surface area contributed by atoms with E-state index in [0.29, 0.717) is 37.0 Å². The number of amides is 1. The minimum atomic E-state index is -0.649. The minimum absolute atomic E-state index is 0.282. The first-order chi connectivity index (χ1) is 16.4. The van der Waals surface area contributed by atoms with Gasteiger partial charge in [0, 0.05) is 31.3 Å². The molecule has 4 N–H and O–H groups in total. The van der Waals surface area contributed by atoms with Gasteiger partial charge in [-0.2, -0.15) is 0 Å². The van der Waals surface area contributed by atoms with E-state index >= 15 is 0 Å². The molecule has 0 saturated carbocycles. The van der Waals surface area contributed by atoms with E-state index in [9.17, 15) is 4.79 Å². The van der Waals surface area contributed by atoms with Gasteiger partial charge < -0.3 is 30.5 Å². The number of hydrogen-bond donors (Lipinski definition) is 4. The van der Waals surface area contributed by atoms with Crippen LogP contribution in [0.5, 0.6) is 0 Å². The van der Waals surface area contributed by atoms with E-state index in [1.807, 2.05) is 26.1 Å². The van der Waals surface area contributed by atoms with Crippen LogP contribution in [0.15, 0.2) is 39.7 Å². The van der Waals surface area contributed by atoms with Gasteiger partial charge in [-0.15, -0.1) is 0 Å². The third-order valence-electron chi connectivity index (χ3n) is 6.51. The predicted octanol–water partition coefficient (Wildman–Crippen LogP) is 2.88. The molecule has 0 radical (unpaired) electrons. The van der Waals surface area contributed by atoms with Crippen LogP contribution in [0, 0.1) is 11.8 Å². The van der Waals surface area contributed by atoms with E-state index in [2.05, 4.69) is 27.4 Å². The summed E-state index contributed by atoms with van der Waals surface area (Å²) in [5, 5.41) is 24.9. The fourth-order valence-electron chi connectivity index (χ4n) is 4.11. The third-order valence-corrected chi connectivity index (χ3v) is 6.74. The number of hydrogen-bond acceptors (Lipinski definition) is 7. The van der Waals surface area contributed by atoms with Gasteiger partial charge in [0.2, 0.25) is 5.91 Å². The van der Waals surface area contributed by atoms with Crippen molar-refractivity contribution in [3.05, 3.63) is 34.7 Å². The average molecular weight is 497 g/mol. The summed E-state index contributed by atoms with van der Waals surface area (Å²) in [6.07, 6.45) is 9.98. The number of nitrogens with one attached hydrogen (secondary N) is 2. The van der Waals surface area contributed by atoms with Gasteiger partial charge in [-0.1, -0.05) is 38.4 Å². The highest BCUT2D eigenvalue weighted by Crippen LogP contribution is 2.27. The van der Waals surface area contributed by atoms with Crippen molar-refractivity contribution >= 4 is 23.5 Å². The molecule has 192 valence electrons. The highest BCUT2D eigenvalue weighted by atomic mass is 35.5. The summed E-state index contributed by atoms with van der Waals surface area (Å²) in [6, 6.07) is -0.649. The Kier molecular flexibility index (Phi) is 12.5. The second-order valence-corrected chi connectivity index (χ2v) is 9.37. The van der Waals surface area contributed by atoms with Gasteiger partial charge in [0.25, 0.3) is 0 Å². The van der Waals surface area contributed by atoms with Gasteiger partial charge in [-0.05, 0) is 43.6 Å². The number of rotatable bonds is 12. The molecule has 2 aliphatic rings. The molecule has 8 nitrogen and oxygen atoms in total. The number of aliphatic hydroxyl groups excluding tert-OH is 2. The summed E-state index contributed by atoms with van der Waals surface area (Å²) in [7, 11) is 0. The largest absolute Gasteiger partial charge is 0.498 e. The molecule has 2 aliphatic heterocycles. The summed E-state index contributed by atoms with van der Waals surface area (Å²) < 4.78 is 6.02. The lowest BCUT2D eigenvalue weighted by molar-refractivity contribution is -0.118. The number of carbonyl (C=O) groups excluding carboxylic acids is 1. The molecule has 0 spiro atoms. The molecular formula is C25H41ClN4O4. The lowest BCUT2D eigenvalue weighted by Crippen LogP contribution is -2.45. The SMILES string of the molecule is CC/C(=C\C=C(/CC)C(=O)NC(CO)CO)OCC[C@@H](C)C1CCN(C2=NCC(Cl)=CN2)CC1. The first-order valence-electron chi connectivity index (χ1n) is 12.4. The number of halogens is 1. The molecule has 1 saturated heterocycles. The molecule has 0 aromatic heterocycles. The predicted molar refractivity (Wildman–Crippen MR) is 136 cm³/mol. The number of piperidine rings is 1. The summed E-state index contributed by atoms with van der Waals surface area (Å²) >= 11 is 5.97. The second kappa shape index (κ2) is 15.1. The lowest BCUT2D eigenvalue weighted by atomic mass is 9.84. The molecule has 0 bridgehead atoms. The Bertz CT molecular complexity index is 769. The van der Waals surface area contributed by atoms with Crippen molar-refractivity contribution in [2.75, 3.05) is 39.5 Å². The number of ether oxygens (including phenoxy) is 1. The molecule has 0 aromatic carbocycles. The molecule has 0 aliphatic carbocycles. The normalized spacial score (nSPS) is 18.9. The highest BCUT2D eigenvalue weighted by Gasteiger charge is 2.26. The maximum absolute atomic E-state index is 12.3. The Labute approximate surface area is 208 Å². The standard InChI is InChI=1S/C25H41ClN4O4/c1-4-19(24(33)29-22(16-31)17-32)6-7-23(5-2)34-13-10-18(3)20-8-11-30(12-9-20)25-27-14-21(26)15-28-25/h6-7,14,18,20,22,31-32H,4-5,8-13,15-17H2,1-3H3,(H,27,28)(H,29,33)/b19-6+,23-7+/t18-/m1/s1. The number of nitrogens with zero attached hydrogens (tertiary/aromatic N) is 2. The van der Waals surface area contributed by atoms with Crippen LogP contribution in [0.4, 0.5) is 0 Å². The van der Waals surface area contributed by atoms with Crippen LogP contribution in [0.2, 0.25) is 0 Å². The van der Waals surface area contributed by atoms with Crippen LogP contribution in [-0.2, 0) is 9.53 Å². The van der Waals surface area contributed by atoms with Crippen LogP contribution >= 0.6 is 11.6 Å². The smallest absolute Gasteiger partial charge is 0.247 e. The number of likely N-dealkylation sites (tertiary alicyclic amines) is 1. The van der Waals surface area contributed by atoms with Crippen molar-refractivity contribution in [1.29, 1.82) is 0 Å². The zero-order valence-electron chi connectivity index (χ0n) is 20.7. The van der Waals surface area contributed by atoms with E-state index in [1.165, 1.54) is 0 Å². The summed E-state index contributed by atoms with van der Waals surface area (Å²) in [4.78, 5) is 19.1. The first kappa shape index (κ1) is 28.2. The molecule has 9 heteroatoms. The van der Waals surface area contributed by atoms with E-state index in [1.54, 1.807) is 6.08 Å². The van der Waals surface area contributed by atoms with Gasteiger partial charge in [-0.25, -0.2) is 4.99 Å². The number of carbonyl (C=O) groups is 1. The fourth-order valence-corrected chi connectivity index (χ4v) is 4.22. The molecule has 2 heterocycles. The van der Waals surface area contributed by atoms with Gasteiger partial charge in [0.15, 0.2) is 5.96 Å². The van der Waals surface area contributed by atoms with E-state index < -0.39 is 6.04 Å². The minimum Gasteiger partial charge on any atom is -0.498 e. The van der Waals surface area contributed by atoms with Crippen molar-refractivity contribution in [2.45, 2.75) is 58.9 Å². The van der Waals surface area contributed by atoms with Crippen LogP contribution < -0.4 is 10.6 Å². The number of guanidine groups is 1. The van der Waals surface area contributed by atoms with Crippen molar-refractivity contribution in [1.82, 2.24) is 15.5 Å². The van der Waals surface area contributed by atoms with Gasteiger partial charge in [0.1, 0.15) is 0 Å². The Morgan fingerprint density at radius 3 is 2.56 bits per heavy atom. The highest BCUT2D eigenvalue weighted by molar-refractivity contribution is 6.30. The first-order valence-corrected chi connectivity index (χ1v) is 12.7. The van der Waals surface area contributed by atoms with Gasteiger partial charge in [0.05, 0.1) is 43.2 Å². The van der Waals surface area contributed by atoms with Crippen LogP contribution in [0.1, 0.15) is 52.9 Å². The molecule has 1 amide bonds. The Hall–Kier alpha value is -2.03. The fraction of sp³-hybridized carbons (Fsp3) is 0.680. The number of aliphatic imine (C=N–C) groups is 1. The van der Waals surface area contributed by atoms with Crippen molar-refractivity contribution in [2.24, 2.45) is 16.8 Å². The van der Waals surface area contributed by atoms with Crippen LogP contribution in [0.25, 0.3) is 0 Å². The van der Waals surface area contributed by atoms with E-state index in [-0.39, 0.29) is 19.1 Å². The maximum atomic E-state index is 12.3. The topological polar surface area (TPSA) is 106 Å². The van der Waals surface area contributed by atoms with Crippen LogP contribution in [-0.4, -0.2) is 72.5 Å². The molecule has 34 heavy (non-hydrogen) atoms. The Morgan fingerprint density at radius 1 is 1.29 bits per heavy atom. The third kappa shape index (κ3) is 8.96. The summed E-state index contributed by atoms with van der Waals surface area (Å²) in [6.45, 7) is 8.82. The quantitative estimate of drug-likeness (QED) is 0.188. The monoisotopic (exact) mass is 496 g/mol. The van der Waals surface area contributed by atoms with E-state index in [0.717, 1.165) is 55.5 Å². The zero-order chi connectivity index (χ0) is 24.9. The molecule has 2 rings (SSSR count). The molecular weight excluding hydrogens is 456 g/mol. The van der Waals surface area contributed by atoms with Gasteiger partial charge in [-0.3, -0.25) is 4.79 Å². The molecule has 0 aromatic rings. The molecule has 1 fully saturated rings. The van der Waals surface area contributed by atoms with E-state index in [4.69, 9.17) is 26.6 Å². The second-order valence-electron chi connectivity index (χ2n) is 8.88. The van der Waals surface area contributed by atoms with Gasteiger partial charge >= 0.3 is 0 Å². The Balaban J connectivity index is 1.77. The summed E-state index contributed by atoms with van der Waals surface area (Å²) in [5.41, 5.74) is 0.580. The summed E-state index contributed by atoms with van der Waals surface area (Å²) in [5.74, 6) is 2.72. The van der Waals surface area contributed by atoms with Crippen molar-refractivity contribution in [3.8, 4) is 0 Å². The van der Waals surface area contributed by atoms with Crippen molar-refractivity contribution < 1.29 is 19.7 Å². The lowest BCUT2D eigenvalue weighted by Gasteiger charge is -2.37. The van der Waals surface area contributed by atoms with Crippen LogP contribution in [0.3, 0.4) is 0 Å². The average Bonchev–Trinajstić information content (AvgIpc) is 2.86. The van der Waals surface area contributed by atoms with Crippen molar-refractivity contribution in [3.63, 3.8) is 0 Å². The maximum Gasteiger partial charge on any atom is 0.247 e. The zero-order valence-corrected chi connectivity index (χ0v) is 21.5. The number of allylic oxidation sites excluding steroid dienone is 3. The molecule has 1 atom stereocenters. The molecule has 0 unspecified atom stereocenters.